The summed E-state index contributed by atoms with van der Waals surface area (Å²) in [5.74, 6) is -0.145. The average Bonchev–Trinajstić information content (AvgIpc) is 1.60. The third-order valence-corrected chi connectivity index (χ3v) is 20.0. The van der Waals surface area contributed by atoms with Crippen molar-refractivity contribution in [3.05, 3.63) is 286 Å². The fourth-order valence-electron chi connectivity index (χ4n) is 14.7. The molecule has 8 bridgehead atoms. The standard InChI is InChI=1S/C88H66N8O12/c97-81-61-13-1-2-14-62(61)82(98)93(81)45-9-49-105-57-29-21-53(22-30-57)77-69-37-39-71(89-69)78(54-23-31-58(32-24-54)106-50-10-46-94-83(99)63-15-3-4-16-64(63)84(94)100)73-41-43-75(91-73)80(56-27-35-60(36-28-56)108-52-12-48-96-87(103)67-19-7-8-20-68(67)88(96)104)76-44-42-74(92-76)79(72-40-38-70(77)90-72)55-25-33-59(34-26-55)107-51-11-47-95-85(101)65-17-5-6-18-66(65)86(95)102/h1-8,13-44,89,92H,9-12,45-52H2. The minimum absolute atomic E-state index is 0.202. The summed E-state index contributed by atoms with van der Waals surface area (Å²) in [5.41, 5.74) is 15.2. The zero-order valence-corrected chi connectivity index (χ0v) is 58.2. The number of fused-ring (bicyclic) bond motifs is 12. The van der Waals surface area contributed by atoms with E-state index in [1.807, 2.05) is 146 Å². The SMILES string of the molecule is O=C1c2ccccc2C(=O)N1CCCOc1ccc(-c2c3nc(c(-c4ccc(OCCCN5C(=O)c6ccccc6C5=O)cc4)c4ccc([nH]4)c(-c4ccc(OCCCN5C(=O)c6ccccc6C5=O)cc4)c4nc(c(-c5ccc(OCCCN6C(=O)c7ccccc7C6=O)cc5)c5ccc2[nH]5)C=C4)C=C3)cc1. The molecule has 0 atom stereocenters. The summed E-state index contributed by atoms with van der Waals surface area (Å²) in [4.78, 5) is 129. The molecule has 11 aromatic rings. The lowest BCUT2D eigenvalue weighted by Crippen LogP contribution is -2.31. The zero-order chi connectivity index (χ0) is 73.5. The Kier molecular flexibility index (Phi) is 17.8. The number of aromatic nitrogens is 4. The van der Waals surface area contributed by atoms with Crippen molar-refractivity contribution in [3.63, 3.8) is 0 Å². The molecule has 108 heavy (non-hydrogen) atoms. The molecule has 530 valence electrons. The van der Waals surface area contributed by atoms with Gasteiger partial charge in [0.2, 0.25) is 0 Å². The Morgan fingerprint density at radius 1 is 0.241 bits per heavy atom. The van der Waals surface area contributed by atoms with Crippen molar-refractivity contribution in [2.75, 3.05) is 52.6 Å². The lowest BCUT2D eigenvalue weighted by atomic mass is 10.0. The number of aromatic amines is 2. The first-order valence-corrected chi connectivity index (χ1v) is 35.8. The molecule has 17 rings (SSSR count). The van der Waals surface area contributed by atoms with Crippen LogP contribution in [-0.4, -0.2) is 139 Å². The van der Waals surface area contributed by atoms with Gasteiger partial charge in [-0.3, -0.25) is 58.0 Å². The van der Waals surface area contributed by atoms with Gasteiger partial charge in [-0.05, 0) is 194 Å². The molecule has 0 unspecified atom stereocenters. The van der Waals surface area contributed by atoms with E-state index in [-0.39, 0.29) is 99.9 Å². The van der Waals surface area contributed by atoms with Crippen LogP contribution in [0.25, 0.3) is 90.9 Å². The molecule has 9 heterocycles. The van der Waals surface area contributed by atoms with Gasteiger partial charge in [-0.15, -0.1) is 0 Å². The van der Waals surface area contributed by atoms with Crippen LogP contribution >= 0.6 is 0 Å². The number of hydrogen-bond donors (Lipinski definition) is 2. The number of hydrogen-bond acceptors (Lipinski definition) is 14. The highest BCUT2D eigenvalue weighted by Gasteiger charge is 2.38. The number of nitrogens with zero attached hydrogens (tertiary/aromatic N) is 6. The first-order valence-electron chi connectivity index (χ1n) is 35.8. The van der Waals surface area contributed by atoms with Crippen molar-refractivity contribution in [3.8, 4) is 67.5 Å². The minimum atomic E-state index is -0.312. The Hall–Kier alpha value is -13.9. The number of imide groups is 4. The van der Waals surface area contributed by atoms with Crippen LogP contribution in [0.2, 0.25) is 0 Å². The van der Waals surface area contributed by atoms with E-state index in [9.17, 15) is 38.4 Å². The quantitative estimate of drug-likeness (QED) is 0.0422. The van der Waals surface area contributed by atoms with Gasteiger partial charge in [-0.1, -0.05) is 97.1 Å². The first kappa shape index (κ1) is 67.3. The Labute approximate surface area is 618 Å². The summed E-state index contributed by atoms with van der Waals surface area (Å²) in [6.07, 6.45) is 9.68. The monoisotopic (exact) mass is 1430 g/mol. The van der Waals surface area contributed by atoms with Gasteiger partial charge in [-0.2, -0.15) is 0 Å². The molecule has 0 saturated carbocycles. The van der Waals surface area contributed by atoms with Crippen LogP contribution < -0.4 is 18.9 Å². The van der Waals surface area contributed by atoms with Crippen molar-refractivity contribution in [1.82, 2.24) is 39.5 Å². The van der Waals surface area contributed by atoms with Crippen molar-refractivity contribution in [2.24, 2.45) is 0 Å². The normalized spacial score (nSPS) is 14.0. The van der Waals surface area contributed by atoms with Gasteiger partial charge >= 0.3 is 0 Å². The Morgan fingerprint density at radius 2 is 0.426 bits per heavy atom. The van der Waals surface area contributed by atoms with Crippen molar-refractivity contribution in [2.45, 2.75) is 25.7 Å². The van der Waals surface area contributed by atoms with E-state index < -0.39 is 0 Å². The second kappa shape index (κ2) is 28.6. The summed E-state index contributed by atoms with van der Waals surface area (Å²) in [7, 11) is 0. The van der Waals surface area contributed by atoms with E-state index in [1.165, 1.54) is 19.6 Å². The number of benzene rings is 8. The molecular formula is C88H66N8O12. The van der Waals surface area contributed by atoms with Crippen LogP contribution in [0.5, 0.6) is 23.0 Å². The fourth-order valence-corrected chi connectivity index (χ4v) is 14.7. The number of carbonyl (C=O) groups excluding carboxylic acids is 8. The van der Waals surface area contributed by atoms with Crippen LogP contribution in [-0.2, 0) is 0 Å². The van der Waals surface area contributed by atoms with E-state index in [4.69, 9.17) is 28.9 Å². The highest BCUT2D eigenvalue weighted by atomic mass is 16.5. The molecule has 8 aromatic carbocycles. The number of rotatable bonds is 24. The number of nitrogens with one attached hydrogen (secondary N) is 2. The van der Waals surface area contributed by atoms with Crippen LogP contribution in [0.4, 0.5) is 0 Å². The molecule has 0 spiro atoms. The number of amides is 8. The Bertz CT molecular complexity index is 4960. The molecule has 0 fully saturated rings. The van der Waals surface area contributed by atoms with Crippen LogP contribution in [0.1, 0.15) is 131 Å². The molecule has 0 saturated heterocycles. The summed E-state index contributed by atoms with van der Waals surface area (Å²) in [6, 6.07) is 66.5. The predicted octanol–water partition coefficient (Wildman–Crippen LogP) is 15.6. The molecule has 6 aliphatic heterocycles. The third kappa shape index (κ3) is 12.6. The van der Waals surface area contributed by atoms with E-state index in [0.29, 0.717) is 116 Å². The maximum Gasteiger partial charge on any atom is 0.261 e. The molecular weight excluding hydrogens is 1360 g/mol. The van der Waals surface area contributed by atoms with Crippen LogP contribution in [0.15, 0.2) is 218 Å². The van der Waals surface area contributed by atoms with Gasteiger partial charge in [0.1, 0.15) is 23.0 Å². The first-order chi connectivity index (χ1) is 52.9. The number of H-pyrrole nitrogens is 2. The molecule has 3 aromatic heterocycles. The van der Waals surface area contributed by atoms with Gasteiger partial charge in [0.25, 0.3) is 47.3 Å². The van der Waals surface area contributed by atoms with Gasteiger partial charge in [0, 0.05) is 70.5 Å². The second-order valence-electron chi connectivity index (χ2n) is 26.6. The van der Waals surface area contributed by atoms with E-state index in [0.717, 1.165) is 66.6 Å². The third-order valence-electron chi connectivity index (χ3n) is 20.0. The molecule has 0 aliphatic carbocycles. The molecule has 0 radical (unpaired) electrons. The van der Waals surface area contributed by atoms with E-state index >= 15 is 0 Å². The summed E-state index contributed by atoms with van der Waals surface area (Å²) in [5, 5.41) is 0. The van der Waals surface area contributed by atoms with Crippen LogP contribution in [0.3, 0.4) is 0 Å². The van der Waals surface area contributed by atoms with Crippen LogP contribution in [0, 0.1) is 0 Å². The average molecular weight is 1430 g/mol. The van der Waals surface area contributed by atoms with Gasteiger partial charge in [-0.25, -0.2) is 9.97 Å². The summed E-state index contributed by atoms with van der Waals surface area (Å²) >= 11 is 0. The van der Waals surface area contributed by atoms with Gasteiger partial charge in [0.05, 0.1) is 93.7 Å². The Morgan fingerprint density at radius 3 is 0.611 bits per heavy atom. The summed E-state index contributed by atoms with van der Waals surface area (Å²) < 4.78 is 25.1. The zero-order valence-electron chi connectivity index (χ0n) is 58.2. The number of carbonyl (C=O) groups is 8. The topological polar surface area (TPSA) is 244 Å². The van der Waals surface area contributed by atoms with E-state index in [1.54, 1.807) is 97.1 Å². The molecule has 2 N–H and O–H groups in total. The smallest absolute Gasteiger partial charge is 0.261 e. The van der Waals surface area contributed by atoms with Crippen molar-refractivity contribution < 1.29 is 57.3 Å². The van der Waals surface area contributed by atoms with Crippen molar-refractivity contribution in [1.29, 1.82) is 0 Å². The molecule has 6 aliphatic rings. The molecule has 8 amide bonds. The van der Waals surface area contributed by atoms with Gasteiger partial charge in [0.15, 0.2) is 0 Å². The minimum Gasteiger partial charge on any atom is -0.494 e. The lowest BCUT2D eigenvalue weighted by molar-refractivity contribution is 0.0630. The maximum atomic E-state index is 13.2. The Balaban J connectivity index is 0.725. The lowest BCUT2D eigenvalue weighted by Gasteiger charge is -2.14. The van der Waals surface area contributed by atoms with Gasteiger partial charge < -0.3 is 28.9 Å². The fraction of sp³-hybridized carbons (Fsp3) is 0.136. The van der Waals surface area contributed by atoms with Crippen molar-refractivity contribution >= 4 is 93.6 Å². The number of ether oxygens (including phenoxy) is 4. The van der Waals surface area contributed by atoms with E-state index in [2.05, 4.69) is 9.97 Å². The molecule has 20 heteroatoms. The highest BCUT2D eigenvalue weighted by molar-refractivity contribution is 6.23. The summed E-state index contributed by atoms with van der Waals surface area (Å²) in [6.45, 7) is 1.80. The highest BCUT2D eigenvalue weighted by Crippen LogP contribution is 2.41. The maximum absolute atomic E-state index is 13.2. The second-order valence-corrected chi connectivity index (χ2v) is 26.6. The largest absolute Gasteiger partial charge is 0.494 e. The predicted molar refractivity (Wildman–Crippen MR) is 408 cm³/mol. The molecule has 20 nitrogen and oxygen atoms in total.